The summed E-state index contributed by atoms with van der Waals surface area (Å²) < 4.78 is 14.7. The van der Waals surface area contributed by atoms with Crippen molar-refractivity contribution in [1.29, 1.82) is 0 Å². The van der Waals surface area contributed by atoms with Crippen LogP contribution < -0.4 is 0 Å². The highest BCUT2D eigenvalue weighted by Crippen LogP contribution is 2.41. The van der Waals surface area contributed by atoms with Crippen molar-refractivity contribution in [2.75, 3.05) is 0 Å². The van der Waals surface area contributed by atoms with E-state index in [1.54, 1.807) is 17.4 Å². The van der Waals surface area contributed by atoms with Crippen LogP contribution in [0.15, 0.2) is 28.7 Å². The zero-order valence-electron chi connectivity index (χ0n) is 9.43. The summed E-state index contributed by atoms with van der Waals surface area (Å²) in [6.45, 7) is 4.12. The lowest BCUT2D eigenvalue weighted by molar-refractivity contribution is 0.612. The summed E-state index contributed by atoms with van der Waals surface area (Å²) in [5.74, 6) is -0.188. The van der Waals surface area contributed by atoms with E-state index in [2.05, 4.69) is 51.8 Å². The van der Waals surface area contributed by atoms with Crippen molar-refractivity contribution in [1.82, 2.24) is 0 Å². The highest BCUT2D eigenvalue weighted by Gasteiger charge is 2.21. The minimum Gasteiger partial charge on any atom is -0.207 e. The fraction of sp³-hybridized carbons (Fsp3) is 0.231. The molecule has 1 aromatic carbocycles. The minimum atomic E-state index is -0.188. The molecule has 1 atom stereocenters. The van der Waals surface area contributed by atoms with Crippen LogP contribution in [-0.2, 0) is 0 Å². The Morgan fingerprint density at radius 2 is 2.00 bits per heavy atom. The first-order chi connectivity index (χ1) is 8.00. The van der Waals surface area contributed by atoms with Crippen molar-refractivity contribution < 1.29 is 4.39 Å². The van der Waals surface area contributed by atoms with E-state index in [9.17, 15) is 4.39 Å². The lowest BCUT2D eigenvalue weighted by atomic mass is 10.1. The van der Waals surface area contributed by atoms with Crippen LogP contribution in [0.25, 0.3) is 0 Å². The Bertz CT molecular complexity index is 528. The molecule has 0 saturated heterocycles. The molecule has 1 heterocycles. The van der Waals surface area contributed by atoms with E-state index in [1.807, 2.05) is 6.07 Å². The molecule has 0 spiro atoms. The molecule has 0 aliphatic heterocycles. The number of halogens is 3. The Kier molecular flexibility index (Phi) is 4.06. The van der Waals surface area contributed by atoms with E-state index < -0.39 is 0 Å². The van der Waals surface area contributed by atoms with Crippen molar-refractivity contribution in [2.45, 2.75) is 18.7 Å². The summed E-state index contributed by atoms with van der Waals surface area (Å²) in [5.41, 5.74) is 1.86. The van der Waals surface area contributed by atoms with Gasteiger partial charge in [-0.25, -0.2) is 4.39 Å². The van der Waals surface area contributed by atoms with Gasteiger partial charge in [-0.3, -0.25) is 0 Å². The molecule has 0 N–H and O–H groups in total. The van der Waals surface area contributed by atoms with E-state index in [-0.39, 0.29) is 10.6 Å². The minimum absolute atomic E-state index is 0.100. The lowest BCUT2D eigenvalue weighted by Gasteiger charge is -2.12. The summed E-state index contributed by atoms with van der Waals surface area (Å²) >= 11 is 8.71. The summed E-state index contributed by atoms with van der Waals surface area (Å²) in [4.78, 5) is 2.31. The summed E-state index contributed by atoms with van der Waals surface area (Å²) in [7, 11) is 0. The van der Waals surface area contributed by atoms with Crippen LogP contribution in [0.3, 0.4) is 0 Å². The van der Waals surface area contributed by atoms with Crippen molar-refractivity contribution in [3.8, 4) is 0 Å². The second-order valence-corrected chi connectivity index (χ2v) is 6.96. The molecule has 1 aromatic heterocycles. The first kappa shape index (κ1) is 13.2. The van der Waals surface area contributed by atoms with Crippen molar-refractivity contribution in [3.63, 3.8) is 0 Å². The number of rotatable bonds is 2. The number of benzene rings is 1. The monoisotopic (exact) mass is 376 g/mol. The van der Waals surface area contributed by atoms with Gasteiger partial charge in [0.15, 0.2) is 0 Å². The quantitative estimate of drug-likeness (QED) is 0.584. The Balaban J connectivity index is 2.51. The normalized spacial score (nSPS) is 12.8. The number of hydrogen-bond acceptors (Lipinski definition) is 1. The average Bonchev–Trinajstić information content (AvgIpc) is 2.57. The summed E-state index contributed by atoms with van der Waals surface area (Å²) in [5, 5.41) is 0. The number of thiophene rings is 1. The second kappa shape index (κ2) is 5.21. The Labute approximate surface area is 121 Å². The van der Waals surface area contributed by atoms with Crippen LogP contribution in [0.2, 0.25) is 0 Å². The molecule has 2 rings (SSSR count). The van der Waals surface area contributed by atoms with Gasteiger partial charge in [0.2, 0.25) is 0 Å². The van der Waals surface area contributed by atoms with E-state index in [4.69, 9.17) is 0 Å². The van der Waals surface area contributed by atoms with E-state index in [1.165, 1.54) is 16.5 Å². The van der Waals surface area contributed by atoms with Crippen molar-refractivity contribution in [2.24, 2.45) is 0 Å². The Morgan fingerprint density at radius 3 is 2.53 bits per heavy atom. The lowest BCUT2D eigenvalue weighted by Crippen LogP contribution is -1.97. The maximum atomic E-state index is 13.9. The first-order valence-electron chi connectivity index (χ1n) is 5.15. The van der Waals surface area contributed by atoms with Gasteiger partial charge in [0.05, 0.1) is 4.83 Å². The molecule has 0 saturated carbocycles. The molecule has 0 nitrogen and oxygen atoms in total. The third-order valence-corrected chi connectivity index (χ3v) is 5.69. The molecular formula is C13H11Br2FS. The van der Waals surface area contributed by atoms with Gasteiger partial charge in [0.25, 0.3) is 0 Å². The maximum Gasteiger partial charge on any atom is 0.129 e. The Hall–Kier alpha value is -0.190. The predicted octanol–water partition coefficient (Wildman–Crippen LogP) is 5.75. The molecule has 0 aliphatic carbocycles. The zero-order chi connectivity index (χ0) is 12.6. The standard InChI is InChI=1S/C13H11Br2FS/c1-7-6-8(2)17-13(7)12(15)11-9(14)4-3-5-10(11)16/h3-6,12H,1-2H3. The van der Waals surface area contributed by atoms with Gasteiger partial charge in [-0.1, -0.05) is 37.9 Å². The number of hydrogen-bond donors (Lipinski definition) is 0. The summed E-state index contributed by atoms with van der Waals surface area (Å²) in [6.07, 6.45) is 0. The van der Waals surface area contributed by atoms with E-state index in [0.717, 1.165) is 9.35 Å². The molecule has 0 radical (unpaired) electrons. The smallest absolute Gasteiger partial charge is 0.129 e. The van der Waals surface area contributed by atoms with Crippen molar-refractivity contribution >= 4 is 43.2 Å². The Morgan fingerprint density at radius 1 is 1.29 bits per heavy atom. The molecule has 0 bridgehead atoms. The fourth-order valence-corrected chi connectivity index (χ4v) is 4.80. The zero-order valence-corrected chi connectivity index (χ0v) is 13.4. The molecule has 1 unspecified atom stereocenters. The van der Waals surface area contributed by atoms with Gasteiger partial charge in [0.1, 0.15) is 5.82 Å². The van der Waals surface area contributed by atoms with Crippen LogP contribution in [0.1, 0.15) is 25.7 Å². The van der Waals surface area contributed by atoms with Gasteiger partial charge in [0, 0.05) is 19.8 Å². The van der Waals surface area contributed by atoms with Gasteiger partial charge in [-0.2, -0.15) is 0 Å². The average molecular weight is 378 g/mol. The van der Waals surface area contributed by atoms with Crippen LogP contribution in [-0.4, -0.2) is 0 Å². The highest BCUT2D eigenvalue weighted by atomic mass is 79.9. The third kappa shape index (κ3) is 2.64. The van der Waals surface area contributed by atoms with Gasteiger partial charge in [-0.15, -0.1) is 11.3 Å². The predicted molar refractivity (Wildman–Crippen MR) is 78.7 cm³/mol. The SMILES string of the molecule is Cc1cc(C)c(C(Br)c2c(F)cccc2Br)s1. The topological polar surface area (TPSA) is 0 Å². The number of alkyl halides is 1. The largest absolute Gasteiger partial charge is 0.207 e. The second-order valence-electron chi connectivity index (χ2n) is 3.90. The van der Waals surface area contributed by atoms with Gasteiger partial charge in [-0.05, 0) is 37.6 Å². The molecule has 17 heavy (non-hydrogen) atoms. The number of aryl methyl sites for hydroxylation is 2. The molecule has 2 aromatic rings. The van der Waals surface area contributed by atoms with Crippen LogP contribution in [0.5, 0.6) is 0 Å². The molecular weight excluding hydrogens is 367 g/mol. The first-order valence-corrected chi connectivity index (χ1v) is 7.68. The third-order valence-electron chi connectivity index (χ3n) is 2.56. The van der Waals surface area contributed by atoms with Crippen LogP contribution in [0.4, 0.5) is 4.39 Å². The molecule has 4 heteroatoms. The molecule has 90 valence electrons. The maximum absolute atomic E-state index is 13.9. The van der Waals surface area contributed by atoms with Crippen molar-refractivity contribution in [3.05, 3.63) is 55.4 Å². The highest BCUT2D eigenvalue weighted by molar-refractivity contribution is 9.11. The summed E-state index contributed by atoms with van der Waals surface area (Å²) in [6, 6.07) is 7.19. The molecule has 0 aliphatic rings. The van der Waals surface area contributed by atoms with Crippen LogP contribution in [0, 0.1) is 19.7 Å². The van der Waals surface area contributed by atoms with Crippen LogP contribution >= 0.6 is 43.2 Å². The van der Waals surface area contributed by atoms with E-state index in [0.29, 0.717) is 5.56 Å². The molecule has 0 fully saturated rings. The van der Waals surface area contributed by atoms with Gasteiger partial charge < -0.3 is 0 Å². The molecule has 0 amide bonds. The van der Waals surface area contributed by atoms with E-state index >= 15 is 0 Å². The fourth-order valence-electron chi connectivity index (χ4n) is 1.79. The van der Waals surface area contributed by atoms with Gasteiger partial charge >= 0.3 is 0 Å².